The van der Waals surface area contributed by atoms with Crippen LogP contribution in [0.4, 0.5) is 0 Å². The minimum absolute atomic E-state index is 0.0000808. The van der Waals surface area contributed by atoms with Gasteiger partial charge in [-0.1, -0.05) is 32.4 Å². The van der Waals surface area contributed by atoms with E-state index in [0.717, 1.165) is 0 Å². The first-order valence-corrected chi connectivity index (χ1v) is 8.76. The second kappa shape index (κ2) is 5.82. The molecule has 3 atom stereocenters. The standard InChI is InChI=1S/C15H19ClN2O3S/c1-9-13(15(2,3)14(9)21-4)18-22(19,20)11-5-6-12(16)10(7-11)8-17/h5-7,9,13-14,18H,1-4H3/t9-,13+,14+/m0/s1. The predicted molar refractivity (Wildman–Crippen MR) is 84.0 cm³/mol. The van der Waals surface area contributed by atoms with E-state index in [2.05, 4.69) is 4.72 Å². The highest BCUT2D eigenvalue weighted by atomic mass is 35.5. The average Bonchev–Trinajstić information content (AvgIpc) is 2.45. The molecule has 0 aliphatic heterocycles. The molecule has 120 valence electrons. The lowest BCUT2D eigenvalue weighted by Gasteiger charge is -2.56. The Morgan fingerprint density at radius 1 is 1.41 bits per heavy atom. The van der Waals surface area contributed by atoms with Crippen LogP contribution in [-0.4, -0.2) is 27.7 Å². The highest BCUT2D eigenvalue weighted by Crippen LogP contribution is 2.47. The molecule has 1 aliphatic carbocycles. The van der Waals surface area contributed by atoms with Crippen molar-refractivity contribution in [2.75, 3.05) is 7.11 Å². The van der Waals surface area contributed by atoms with E-state index in [1.54, 1.807) is 7.11 Å². The van der Waals surface area contributed by atoms with E-state index in [-0.39, 0.29) is 39.0 Å². The Morgan fingerprint density at radius 2 is 2.05 bits per heavy atom. The van der Waals surface area contributed by atoms with Crippen LogP contribution in [0, 0.1) is 22.7 Å². The molecule has 0 spiro atoms. The normalized spacial score (nSPS) is 27.0. The van der Waals surface area contributed by atoms with Crippen LogP contribution in [-0.2, 0) is 14.8 Å². The topological polar surface area (TPSA) is 79.2 Å². The minimum atomic E-state index is -3.72. The van der Waals surface area contributed by atoms with Crippen molar-refractivity contribution in [1.82, 2.24) is 4.72 Å². The van der Waals surface area contributed by atoms with Crippen LogP contribution in [0.5, 0.6) is 0 Å². The Balaban J connectivity index is 2.28. The molecule has 0 heterocycles. The maximum Gasteiger partial charge on any atom is 0.240 e. The van der Waals surface area contributed by atoms with Crippen molar-refractivity contribution in [1.29, 1.82) is 5.26 Å². The van der Waals surface area contributed by atoms with Crippen LogP contribution in [0.25, 0.3) is 0 Å². The summed E-state index contributed by atoms with van der Waals surface area (Å²) in [7, 11) is -2.09. The molecule has 1 aliphatic rings. The minimum Gasteiger partial charge on any atom is -0.380 e. The van der Waals surface area contributed by atoms with E-state index >= 15 is 0 Å². The van der Waals surface area contributed by atoms with E-state index in [1.807, 2.05) is 26.8 Å². The number of sulfonamides is 1. The zero-order chi connectivity index (χ0) is 16.7. The fourth-order valence-corrected chi connectivity index (χ4v) is 5.03. The van der Waals surface area contributed by atoms with Gasteiger partial charge in [0.05, 0.1) is 21.6 Å². The number of hydrogen-bond donors (Lipinski definition) is 1. The van der Waals surface area contributed by atoms with E-state index in [0.29, 0.717) is 0 Å². The first-order chi connectivity index (χ1) is 10.1. The van der Waals surface area contributed by atoms with E-state index in [1.165, 1.54) is 18.2 Å². The number of nitrogens with one attached hydrogen (secondary N) is 1. The fourth-order valence-electron chi connectivity index (χ4n) is 3.36. The highest BCUT2D eigenvalue weighted by Gasteiger charge is 2.55. The molecule has 0 radical (unpaired) electrons. The summed E-state index contributed by atoms with van der Waals surface area (Å²) < 4.78 is 33.2. The monoisotopic (exact) mass is 342 g/mol. The molecule has 1 N–H and O–H groups in total. The molecule has 0 amide bonds. The van der Waals surface area contributed by atoms with Gasteiger partial charge in [0.25, 0.3) is 0 Å². The molecule has 5 nitrogen and oxygen atoms in total. The number of nitrogens with zero attached hydrogens (tertiary/aromatic N) is 1. The lowest BCUT2D eigenvalue weighted by Crippen LogP contribution is -2.67. The Hall–Kier alpha value is -1.13. The van der Waals surface area contributed by atoms with Crippen LogP contribution >= 0.6 is 11.6 Å². The summed E-state index contributed by atoms with van der Waals surface area (Å²) in [4.78, 5) is 0.0392. The smallest absolute Gasteiger partial charge is 0.240 e. The molecule has 1 aromatic carbocycles. The zero-order valence-corrected chi connectivity index (χ0v) is 14.5. The Bertz CT molecular complexity index is 725. The van der Waals surface area contributed by atoms with Gasteiger partial charge in [-0.3, -0.25) is 0 Å². The Labute approximate surface area is 136 Å². The molecule has 22 heavy (non-hydrogen) atoms. The number of ether oxygens (including phenoxy) is 1. The lowest BCUT2D eigenvalue weighted by molar-refractivity contribution is -0.138. The van der Waals surface area contributed by atoms with E-state index < -0.39 is 10.0 Å². The molecule has 0 unspecified atom stereocenters. The fraction of sp³-hybridized carbons (Fsp3) is 0.533. The van der Waals surface area contributed by atoms with Gasteiger partial charge in [0, 0.05) is 18.6 Å². The van der Waals surface area contributed by atoms with Crippen molar-refractivity contribution in [3.05, 3.63) is 28.8 Å². The maximum absolute atomic E-state index is 12.5. The van der Waals surface area contributed by atoms with Gasteiger partial charge in [-0.15, -0.1) is 0 Å². The molecule has 1 fully saturated rings. The SMILES string of the molecule is CO[C@@H]1[C@@H](C)[C@@H](NS(=O)(=O)c2ccc(Cl)c(C#N)c2)C1(C)C. The molecule has 0 saturated heterocycles. The summed E-state index contributed by atoms with van der Waals surface area (Å²) in [5, 5.41) is 9.21. The molecule has 1 saturated carbocycles. The van der Waals surface area contributed by atoms with Gasteiger partial charge >= 0.3 is 0 Å². The summed E-state index contributed by atoms with van der Waals surface area (Å²) in [6.07, 6.45) is 0.0000808. The largest absolute Gasteiger partial charge is 0.380 e. The predicted octanol–water partition coefficient (Wildman–Crippen LogP) is 2.55. The molecule has 0 bridgehead atoms. The molecule has 2 rings (SSSR count). The number of halogens is 1. The molecule has 1 aromatic rings. The highest BCUT2D eigenvalue weighted by molar-refractivity contribution is 7.89. The first kappa shape index (κ1) is 17.2. The molecular formula is C15H19ClN2O3S. The van der Waals surface area contributed by atoms with E-state index in [9.17, 15) is 8.42 Å². The third-order valence-electron chi connectivity index (χ3n) is 4.44. The first-order valence-electron chi connectivity index (χ1n) is 6.90. The van der Waals surface area contributed by atoms with Crippen molar-refractivity contribution >= 4 is 21.6 Å². The maximum atomic E-state index is 12.5. The van der Waals surface area contributed by atoms with Crippen LogP contribution in [0.15, 0.2) is 23.1 Å². The third kappa shape index (κ3) is 2.74. The molecule has 7 heteroatoms. The molecule has 0 aromatic heterocycles. The summed E-state index contributed by atoms with van der Waals surface area (Å²) >= 11 is 5.84. The van der Waals surface area contributed by atoms with Crippen LogP contribution < -0.4 is 4.72 Å². The number of rotatable bonds is 4. The Kier molecular flexibility index (Phi) is 4.56. The number of methoxy groups -OCH3 is 1. The average molecular weight is 343 g/mol. The zero-order valence-electron chi connectivity index (χ0n) is 12.9. The number of hydrogen-bond acceptors (Lipinski definition) is 4. The van der Waals surface area contributed by atoms with Crippen molar-refractivity contribution in [2.45, 2.75) is 37.8 Å². The second-order valence-corrected chi connectivity index (χ2v) is 8.31. The van der Waals surface area contributed by atoms with Crippen molar-refractivity contribution in [2.24, 2.45) is 11.3 Å². The van der Waals surface area contributed by atoms with Gasteiger partial charge in [-0.2, -0.15) is 5.26 Å². The van der Waals surface area contributed by atoms with Crippen molar-refractivity contribution < 1.29 is 13.2 Å². The van der Waals surface area contributed by atoms with Crippen LogP contribution in [0.1, 0.15) is 26.3 Å². The van der Waals surface area contributed by atoms with Gasteiger partial charge in [0.15, 0.2) is 0 Å². The second-order valence-electron chi connectivity index (χ2n) is 6.19. The summed E-state index contributed by atoms with van der Waals surface area (Å²) in [5.74, 6) is 0.0671. The summed E-state index contributed by atoms with van der Waals surface area (Å²) in [6.45, 7) is 5.89. The van der Waals surface area contributed by atoms with Gasteiger partial charge in [-0.05, 0) is 24.1 Å². The van der Waals surface area contributed by atoms with Gasteiger partial charge in [0.2, 0.25) is 10.0 Å². The third-order valence-corrected chi connectivity index (χ3v) is 6.21. The lowest BCUT2D eigenvalue weighted by atomic mass is 9.58. The van der Waals surface area contributed by atoms with Gasteiger partial charge in [-0.25, -0.2) is 13.1 Å². The summed E-state index contributed by atoms with van der Waals surface area (Å²) in [6, 6.07) is 5.76. The number of benzene rings is 1. The van der Waals surface area contributed by atoms with Gasteiger partial charge in [0.1, 0.15) is 6.07 Å². The van der Waals surface area contributed by atoms with Gasteiger partial charge < -0.3 is 4.74 Å². The van der Waals surface area contributed by atoms with Crippen LogP contribution in [0.2, 0.25) is 5.02 Å². The summed E-state index contributed by atoms with van der Waals surface area (Å²) in [5.41, 5.74) is -0.161. The quantitative estimate of drug-likeness (QED) is 0.912. The van der Waals surface area contributed by atoms with Crippen molar-refractivity contribution in [3.63, 3.8) is 0 Å². The van der Waals surface area contributed by atoms with Crippen LogP contribution in [0.3, 0.4) is 0 Å². The number of nitriles is 1. The van der Waals surface area contributed by atoms with Crippen molar-refractivity contribution in [3.8, 4) is 6.07 Å². The van der Waals surface area contributed by atoms with E-state index in [4.69, 9.17) is 21.6 Å². The molecular weight excluding hydrogens is 324 g/mol. The Morgan fingerprint density at radius 3 is 2.55 bits per heavy atom.